The molecule has 2 amide bonds. The van der Waals surface area contributed by atoms with Gasteiger partial charge in [-0.2, -0.15) is 5.26 Å². The highest BCUT2D eigenvalue weighted by Gasteiger charge is 2.24. The highest BCUT2D eigenvalue weighted by Crippen LogP contribution is 2.14. The molecule has 0 bridgehead atoms. The summed E-state index contributed by atoms with van der Waals surface area (Å²) in [6.07, 6.45) is -0.201. The Bertz CT molecular complexity index is 676. The molecule has 5 N–H and O–H groups in total. The lowest BCUT2D eigenvalue weighted by Gasteiger charge is -2.13. The number of primary amides is 1. The lowest BCUT2D eigenvalue weighted by atomic mass is 10.1. The number of nitrogens with two attached hydrogens (primary N) is 1. The monoisotopic (exact) mass is 305 g/mol. The largest absolute Gasteiger partial charge is 0.370 e. The van der Waals surface area contributed by atoms with Crippen LogP contribution in [0.2, 0.25) is 0 Å². The Labute approximate surface area is 125 Å². The van der Waals surface area contributed by atoms with Gasteiger partial charge in [-0.15, -0.1) is 0 Å². The van der Waals surface area contributed by atoms with Crippen molar-refractivity contribution in [1.29, 1.82) is 0 Å². The third-order valence-electron chi connectivity index (χ3n) is 3.13. The maximum atomic E-state index is 12.1. The van der Waals surface area contributed by atoms with Crippen LogP contribution in [0.15, 0.2) is 30.3 Å². The molecule has 0 spiro atoms. The van der Waals surface area contributed by atoms with Gasteiger partial charge in [-0.3, -0.25) is 14.5 Å². The third-order valence-corrected chi connectivity index (χ3v) is 3.13. The minimum Gasteiger partial charge on any atom is -0.370 e. The Morgan fingerprint density at radius 1 is 1.32 bits per heavy atom. The number of carbonyl (C=O) groups excluding carboxylic acids is 3. The highest BCUT2D eigenvalue weighted by atomic mass is 17.1. The van der Waals surface area contributed by atoms with Crippen LogP contribution < -0.4 is 11.1 Å². The van der Waals surface area contributed by atoms with E-state index in [2.05, 4.69) is 15.2 Å². The summed E-state index contributed by atoms with van der Waals surface area (Å²) in [5, 5.41) is 11.7. The van der Waals surface area contributed by atoms with Gasteiger partial charge in [0, 0.05) is 17.3 Å². The number of H-pyrrole nitrogens is 1. The van der Waals surface area contributed by atoms with Gasteiger partial charge in [-0.25, -0.2) is 4.79 Å². The van der Waals surface area contributed by atoms with Crippen molar-refractivity contribution in [2.24, 2.45) is 5.73 Å². The second-order valence-electron chi connectivity index (χ2n) is 4.71. The molecule has 1 aromatic heterocycles. The summed E-state index contributed by atoms with van der Waals surface area (Å²) in [4.78, 5) is 40.9. The number of amides is 2. The van der Waals surface area contributed by atoms with E-state index in [0.29, 0.717) is 0 Å². The topological polar surface area (TPSA) is 135 Å². The summed E-state index contributed by atoms with van der Waals surface area (Å²) in [7, 11) is 0. The first-order chi connectivity index (χ1) is 10.5. The van der Waals surface area contributed by atoms with Crippen molar-refractivity contribution in [3.05, 3.63) is 36.0 Å². The van der Waals surface area contributed by atoms with Gasteiger partial charge in [0.2, 0.25) is 5.91 Å². The molecule has 0 saturated carbocycles. The number of aromatic nitrogens is 1. The smallest absolute Gasteiger partial charge is 0.364 e. The summed E-state index contributed by atoms with van der Waals surface area (Å²) < 4.78 is 0. The van der Waals surface area contributed by atoms with E-state index >= 15 is 0 Å². The van der Waals surface area contributed by atoms with Crippen molar-refractivity contribution in [3.63, 3.8) is 0 Å². The Morgan fingerprint density at radius 3 is 2.68 bits per heavy atom. The predicted molar refractivity (Wildman–Crippen MR) is 76.7 cm³/mol. The van der Waals surface area contributed by atoms with Crippen molar-refractivity contribution < 1.29 is 24.5 Å². The predicted octanol–water partition coefficient (Wildman–Crippen LogP) is 0.548. The van der Waals surface area contributed by atoms with Gasteiger partial charge < -0.3 is 16.0 Å². The summed E-state index contributed by atoms with van der Waals surface area (Å²) >= 11 is 0. The molecule has 2 aromatic rings. The summed E-state index contributed by atoms with van der Waals surface area (Å²) in [5.74, 6) is -2.25. The molecule has 0 aliphatic heterocycles. The number of benzene rings is 1. The minimum absolute atomic E-state index is 0.0688. The van der Waals surface area contributed by atoms with Crippen LogP contribution in [0, 0.1) is 0 Å². The molecular weight excluding hydrogens is 290 g/mol. The highest BCUT2D eigenvalue weighted by molar-refractivity contribution is 5.99. The van der Waals surface area contributed by atoms with Gasteiger partial charge in [-0.1, -0.05) is 18.2 Å². The Balaban J connectivity index is 2.12. The SMILES string of the molecule is NC(=O)CC[C@H](NC(=O)c1cc2ccccc2[nH]1)C(=O)OO. The van der Waals surface area contributed by atoms with E-state index < -0.39 is 23.8 Å². The molecule has 0 radical (unpaired) electrons. The number of rotatable bonds is 6. The van der Waals surface area contributed by atoms with E-state index in [9.17, 15) is 14.4 Å². The Morgan fingerprint density at radius 2 is 2.05 bits per heavy atom. The molecule has 1 aromatic carbocycles. The van der Waals surface area contributed by atoms with Crippen molar-refractivity contribution in [2.45, 2.75) is 18.9 Å². The van der Waals surface area contributed by atoms with Crippen LogP contribution in [0.4, 0.5) is 0 Å². The van der Waals surface area contributed by atoms with Crippen LogP contribution in [-0.4, -0.2) is 34.1 Å². The molecule has 0 unspecified atom stereocenters. The second kappa shape index (κ2) is 6.72. The minimum atomic E-state index is -1.17. The first-order valence-corrected chi connectivity index (χ1v) is 6.53. The number of para-hydroxylation sites is 1. The van der Waals surface area contributed by atoms with E-state index in [1.54, 1.807) is 12.1 Å². The summed E-state index contributed by atoms with van der Waals surface area (Å²) in [5.41, 5.74) is 6.02. The molecule has 0 fully saturated rings. The van der Waals surface area contributed by atoms with Crippen molar-refractivity contribution in [1.82, 2.24) is 10.3 Å². The zero-order valence-corrected chi connectivity index (χ0v) is 11.5. The fourth-order valence-corrected chi connectivity index (χ4v) is 2.03. The van der Waals surface area contributed by atoms with Crippen LogP contribution in [0.25, 0.3) is 10.9 Å². The quantitative estimate of drug-likeness (QED) is 0.456. The fraction of sp³-hybridized carbons (Fsp3) is 0.214. The molecule has 1 atom stereocenters. The Kier molecular flexibility index (Phi) is 4.74. The average molecular weight is 305 g/mol. The van der Waals surface area contributed by atoms with Gasteiger partial charge in [0.15, 0.2) is 0 Å². The molecule has 22 heavy (non-hydrogen) atoms. The van der Waals surface area contributed by atoms with Crippen molar-refractivity contribution in [3.8, 4) is 0 Å². The molecule has 0 aliphatic carbocycles. The summed E-state index contributed by atoms with van der Waals surface area (Å²) in [6, 6.07) is 7.74. The molecule has 116 valence electrons. The van der Waals surface area contributed by atoms with Crippen LogP contribution in [0.5, 0.6) is 0 Å². The number of nitrogens with one attached hydrogen (secondary N) is 2. The average Bonchev–Trinajstić information content (AvgIpc) is 2.94. The lowest BCUT2D eigenvalue weighted by Crippen LogP contribution is -2.42. The van der Waals surface area contributed by atoms with Crippen LogP contribution in [0.3, 0.4) is 0 Å². The standard InChI is InChI=1S/C14H15N3O5/c15-12(18)6-5-10(14(20)22-21)17-13(19)11-7-8-3-1-2-4-9(8)16-11/h1-4,7,10,16,21H,5-6H2,(H2,15,18)(H,17,19)/t10-/m0/s1. The molecular formula is C14H15N3O5. The number of aromatic amines is 1. The van der Waals surface area contributed by atoms with Crippen LogP contribution in [-0.2, 0) is 14.5 Å². The second-order valence-corrected chi connectivity index (χ2v) is 4.71. The number of carbonyl (C=O) groups is 3. The van der Waals surface area contributed by atoms with E-state index in [-0.39, 0.29) is 18.5 Å². The van der Waals surface area contributed by atoms with E-state index in [0.717, 1.165) is 10.9 Å². The van der Waals surface area contributed by atoms with Crippen LogP contribution in [0.1, 0.15) is 23.3 Å². The van der Waals surface area contributed by atoms with Crippen molar-refractivity contribution >= 4 is 28.7 Å². The fourth-order valence-electron chi connectivity index (χ4n) is 2.03. The molecule has 8 heteroatoms. The maximum absolute atomic E-state index is 12.1. The normalized spacial score (nSPS) is 11.9. The molecule has 0 saturated heterocycles. The van der Waals surface area contributed by atoms with Gasteiger partial charge in [-0.05, 0) is 18.6 Å². The molecule has 1 heterocycles. The maximum Gasteiger partial charge on any atom is 0.364 e. The van der Waals surface area contributed by atoms with Crippen molar-refractivity contribution in [2.75, 3.05) is 0 Å². The van der Waals surface area contributed by atoms with E-state index in [4.69, 9.17) is 11.0 Å². The van der Waals surface area contributed by atoms with Gasteiger partial charge >= 0.3 is 5.97 Å². The molecule has 8 nitrogen and oxygen atoms in total. The van der Waals surface area contributed by atoms with Crippen LogP contribution >= 0.6 is 0 Å². The number of hydrogen-bond acceptors (Lipinski definition) is 5. The zero-order valence-electron chi connectivity index (χ0n) is 11.5. The van der Waals surface area contributed by atoms with Gasteiger partial charge in [0.1, 0.15) is 11.7 Å². The van der Waals surface area contributed by atoms with Gasteiger partial charge in [0.25, 0.3) is 5.91 Å². The third kappa shape index (κ3) is 3.61. The summed E-state index contributed by atoms with van der Waals surface area (Å²) in [6.45, 7) is 0. The lowest BCUT2D eigenvalue weighted by molar-refractivity contribution is -0.236. The first-order valence-electron chi connectivity index (χ1n) is 6.53. The molecule has 2 rings (SSSR count). The Hall–Kier alpha value is -2.87. The first kappa shape index (κ1) is 15.5. The zero-order chi connectivity index (χ0) is 16.1. The van der Waals surface area contributed by atoms with Gasteiger partial charge in [0.05, 0.1) is 0 Å². The molecule has 0 aliphatic rings. The van der Waals surface area contributed by atoms with E-state index in [1.807, 2.05) is 18.2 Å². The number of fused-ring (bicyclic) bond motifs is 1. The number of hydrogen-bond donors (Lipinski definition) is 4. The van der Waals surface area contributed by atoms with E-state index in [1.165, 1.54) is 0 Å².